The molecule has 0 saturated carbocycles. The number of para-hydroxylation sites is 1. The predicted octanol–water partition coefficient (Wildman–Crippen LogP) is 1.97. The second-order valence-electron chi connectivity index (χ2n) is 8.32. The van der Waals surface area contributed by atoms with Gasteiger partial charge in [0.15, 0.2) is 6.23 Å². The van der Waals surface area contributed by atoms with Crippen molar-refractivity contribution >= 4 is 25.3 Å². The average Bonchev–Trinajstić information content (AvgIpc) is 3.03. The number of hydrogen-bond donors (Lipinski definition) is 3. The minimum atomic E-state index is -4.41. The molecule has 0 spiro atoms. The van der Waals surface area contributed by atoms with Crippen LogP contribution in [0.5, 0.6) is 5.75 Å². The average molecular weight is 568 g/mol. The number of benzene rings is 1. The zero-order valence-corrected chi connectivity index (χ0v) is 21.4. The molecule has 0 unspecified atom stereocenters. The molecule has 2 aromatic rings. The largest absolute Gasteiger partial charge is 0.462 e. The Bertz CT molecular complexity index is 1270. The highest BCUT2D eigenvalue weighted by atomic mass is 35.5. The van der Waals surface area contributed by atoms with Crippen LogP contribution < -0.4 is 20.9 Å². The third-order valence-corrected chi connectivity index (χ3v) is 7.05. The molecule has 1 fully saturated rings. The summed E-state index contributed by atoms with van der Waals surface area (Å²) in [5.41, 5.74) is -2.61. The van der Waals surface area contributed by atoms with Crippen molar-refractivity contribution in [1.82, 2.24) is 14.6 Å². The van der Waals surface area contributed by atoms with E-state index in [1.165, 1.54) is 19.1 Å². The maximum Gasteiger partial charge on any atom is 0.459 e. The van der Waals surface area contributed by atoms with Crippen LogP contribution in [0.3, 0.4) is 0 Å². The zero-order valence-electron chi connectivity index (χ0n) is 19.8. The number of ether oxygens (including phenoxy) is 2. The van der Waals surface area contributed by atoms with E-state index in [2.05, 4.69) is 5.09 Å². The Balaban J connectivity index is 1.82. The summed E-state index contributed by atoms with van der Waals surface area (Å²) in [6.07, 6.45) is -6.02. The second-order valence-corrected chi connectivity index (χ2v) is 10.6. The molecule has 16 heteroatoms. The molecule has 1 aromatic carbocycles. The summed E-state index contributed by atoms with van der Waals surface area (Å²) >= 11 is 5.78. The quantitative estimate of drug-likeness (QED) is 0.220. The molecule has 204 valence electrons. The molecule has 0 radical (unpaired) electrons. The van der Waals surface area contributed by atoms with Gasteiger partial charge in [-0.3, -0.25) is 23.7 Å². The van der Waals surface area contributed by atoms with E-state index in [1.807, 2.05) is 0 Å². The van der Waals surface area contributed by atoms with Gasteiger partial charge in [-0.1, -0.05) is 29.8 Å². The molecule has 0 amide bonds. The van der Waals surface area contributed by atoms with Gasteiger partial charge < -0.3 is 19.1 Å². The van der Waals surface area contributed by atoms with Gasteiger partial charge in [0.05, 0.1) is 18.9 Å². The van der Waals surface area contributed by atoms with Crippen LogP contribution in [-0.2, 0) is 23.4 Å². The molecule has 37 heavy (non-hydrogen) atoms. The SMILES string of the molecule is CC(C)OC(=O)[C@@H](C)N[P@@](=O)(OC[C@H]1O[C@@H](n2cc(F)c(=O)[nH]c2=O)[C@@](F)(Cl)[C@@H]1O)Oc1ccccc1. The summed E-state index contributed by atoms with van der Waals surface area (Å²) in [6.45, 7) is 3.75. The number of aliphatic hydroxyl groups is 1. The van der Waals surface area contributed by atoms with Crippen LogP contribution in [0.2, 0.25) is 0 Å². The number of nitrogens with one attached hydrogen (secondary N) is 2. The number of alkyl halides is 2. The molecular weight excluding hydrogens is 543 g/mol. The molecule has 6 atom stereocenters. The van der Waals surface area contributed by atoms with Crippen LogP contribution in [0.1, 0.15) is 27.0 Å². The van der Waals surface area contributed by atoms with Crippen molar-refractivity contribution in [3.8, 4) is 5.75 Å². The minimum absolute atomic E-state index is 0.0842. The van der Waals surface area contributed by atoms with E-state index in [9.17, 15) is 28.4 Å². The van der Waals surface area contributed by atoms with Crippen molar-refractivity contribution in [2.75, 3.05) is 6.61 Å². The van der Waals surface area contributed by atoms with Gasteiger partial charge >= 0.3 is 19.4 Å². The highest BCUT2D eigenvalue weighted by Gasteiger charge is 2.58. The summed E-state index contributed by atoms with van der Waals surface area (Å²) in [7, 11) is -4.41. The number of esters is 1. The number of H-pyrrole nitrogens is 1. The molecule has 0 bridgehead atoms. The van der Waals surface area contributed by atoms with E-state index in [0.29, 0.717) is 10.8 Å². The lowest BCUT2D eigenvalue weighted by Gasteiger charge is -2.25. The molecular formula is C21H25ClF2N3O9P. The van der Waals surface area contributed by atoms with Crippen molar-refractivity contribution in [2.45, 2.75) is 56.5 Å². The molecule has 12 nitrogen and oxygen atoms in total. The van der Waals surface area contributed by atoms with Crippen molar-refractivity contribution < 1.29 is 41.8 Å². The number of rotatable bonds is 10. The molecule has 1 aliphatic heterocycles. The predicted molar refractivity (Wildman–Crippen MR) is 125 cm³/mol. The summed E-state index contributed by atoms with van der Waals surface area (Å²) in [6, 6.07) is 6.55. The zero-order chi connectivity index (χ0) is 27.5. The fourth-order valence-corrected chi connectivity index (χ4v) is 5.05. The normalized spacial score (nSPS) is 26.0. The molecule has 3 N–H and O–H groups in total. The smallest absolute Gasteiger partial charge is 0.459 e. The number of hydrogen-bond acceptors (Lipinski definition) is 9. The number of carbonyl (C=O) groups is 1. The van der Waals surface area contributed by atoms with E-state index < -0.39 is 73.1 Å². The molecule has 0 aliphatic carbocycles. The molecule has 2 heterocycles. The maximum absolute atomic E-state index is 15.2. The van der Waals surface area contributed by atoms with E-state index >= 15 is 4.39 Å². The van der Waals surface area contributed by atoms with Crippen LogP contribution in [-0.4, -0.2) is 56.7 Å². The first-order chi connectivity index (χ1) is 17.2. The lowest BCUT2D eigenvalue weighted by Crippen LogP contribution is -2.42. The van der Waals surface area contributed by atoms with E-state index in [-0.39, 0.29) is 5.75 Å². The van der Waals surface area contributed by atoms with E-state index in [4.69, 9.17) is 30.1 Å². The Morgan fingerprint density at radius 3 is 2.59 bits per heavy atom. The first-order valence-electron chi connectivity index (χ1n) is 10.9. The van der Waals surface area contributed by atoms with Crippen molar-refractivity contribution in [1.29, 1.82) is 0 Å². The van der Waals surface area contributed by atoms with Gasteiger partial charge in [0.25, 0.3) is 10.7 Å². The fraction of sp³-hybridized carbons (Fsp3) is 0.476. The van der Waals surface area contributed by atoms with Crippen LogP contribution in [0.4, 0.5) is 8.78 Å². The minimum Gasteiger partial charge on any atom is -0.462 e. The summed E-state index contributed by atoms with van der Waals surface area (Å²) in [5.74, 6) is -2.12. The first-order valence-corrected chi connectivity index (χ1v) is 12.9. The monoisotopic (exact) mass is 567 g/mol. The Labute approximate surface area is 214 Å². The highest BCUT2D eigenvalue weighted by molar-refractivity contribution is 7.52. The number of nitrogens with zero attached hydrogens (tertiary/aromatic N) is 1. The number of carbonyl (C=O) groups excluding carboxylic acids is 1. The Hall–Kier alpha value is -2.61. The molecule has 1 aliphatic rings. The molecule has 1 saturated heterocycles. The van der Waals surface area contributed by atoms with Gasteiger partial charge in [-0.05, 0) is 32.9 Å². The standard InChI is InChI=1S/C21H25ClF2N3O9P/c1-11(2)34-18(30)12(3)26-37(32,36-13-7-5-4-6-8-13)33-10-15-16(28)21(22,24)19(35-15)27-9-14(23)17(29)25-20(27)31/h4-9,11-12,15-16,19,28H,10H2,1-3H3,(H,26,32)(H,25,29,31)/t12-,15-,16-,19-,21-,37-/m1/s1. The number of aromatic amines is 1. The number of halogens is 3. The summed E-state index contributed by atoms with van der Waals surface area (Å²) < 4.78 is 63.9. The lowest BCUT2D eigenvalue weighted by atomic mass is 10.1. The Morgan fingerprint density at radius 1 is 1.32 bits per heavy atom. The number of aliphatic hydroxyl groups excluding tert-OH is 1. The second kappa shape index (κ2) is 11.4. The van der Waals surface area contributed by atoms with Crippen LogP contribution in [0.25, 0.3) is 0 Å². The van der Waals surface area contributed by atoms with Gasteiger partial charge in [-0.15, -0.1) is 0 Å². The van der Waals surface area contributed by atoms with Crippen LogP contribution in [0, 0.1) is 5.82 Å². The lowest BCUT2D eigenvalue weighted by molar-refractivity contribution is -0.149. The van der Waals surface area contributed by atoms with Crippen molar-refractivity contribution in [3.05, 3.63) is 63.2 Å². The summed E-state index contributed by atoms with van der Waals surface area (Å²) in [4.78, 5) is 37.2. The van der Waals surface area contributed by atoms with E-state index in [0.717, 1.165) is 0 Å². The topological polar surface area (TPSA) is 158 Å². The van der Waals surface area contributed by atoms with Gasteiger partial charge in [-0.25, -0.2) is 13.8 Å². The van der Waals surface area contributed by atoms with Gasteiger partial charge in [-0.2, -0.15) is 9.48 Å². The number of aromatic nitrogens is 2. The summed E-state index contributed by atoms with van der Waals surface area (Å²) in [5, 5.41) is 9.62. The third-order valence-electron chi connectivity index (χ3n) is 4.99. The van der Waals surface area contributed by atoms with Crippen LogP contribution >= 0.6 is 19.3 Å². The van der Waals surface area contributed by atoms with Gasteiger partial charge in [0.1, 0.15) is 24.0 Å². The Kier molecular flexibility index (Phi) is 8.93. The third kappa shape index (κ3) is 6.83. The Morgan fingerprint density at radius 2 is 1.97 bits per heavy atom. The van der Waals surface area contributed by atoms with E-state index in [1.54, 1.807) is 37.0 Å². The van der Waals surface area contributed by atoms with Gasteiger partial charge in [0.2, 0.25) is 5.82 Å². The molecule has 3 rings (SSSR count). The molecule has 1 aromatic heterocycles. The van der Waals surface area contributed by atoms with Crippen molar-refractivity contribution in [3.63, 3.8) is 0 Å². The van der Waals surface area contributed by atoms with Crippen LogP contribution in [0.15, 0.2) is 46.1 Å². The highest BCUT2D eigenvalue weighted by Crippen LogP contribution is 2.48. The van der Waals surface area contributed by atoms with Gasteiger partial charge in [0, 0.05) is 0 Å². The fourth-order valence-electron chi connectivity index (χ4n) is 3.25. The maximum atomic E-state index is 15.2. The van der Waals surface area contributed by atoms with Crippen molar-refractivity contribution in [2.24, 2.45) is 0 Å². The first kappa shape index (κ1) is 29.0.